The summed E-state index contributed by atoms with van der Waals surface area (Å²) in [6.45, 7) is 6.67. The maximum atomic E-state index is 12.7. The van der Waals surface area contributed by atoms with Crippen molar-refractivity contribution in [2.75, 3.05) is 30.9 Å². The van der Waals surface area contributed by atoms with E-state index in [1.165, 1.54) is 24.3 Å². The molecule has 0 radical (unpaired) electrons. The Morgan fingerprint density at radius 3 is 2.55 bits per heavy atom. The summed E-state index contributed by atoms with van der Waals surface area (Å²) in [5, 5.41) is 2.86. The van der Waals surface area contributed by atoms with E-state index in [0.29, 0.717) is 24.3 Å². The topological polar surface area (TPSA) is 122 Å². The number of sulfonamides is 1. The van der Waals surface area contributed by atoms with Crippen molar-refractivity contribution < 1.29 is 18.0 Å². The van der Waals surface area contributed by atoms with E-state index in [1.54, 1.807) is 12.1 Å². The Hall–Kier alpha value is -2.91. The van der Waals surface area contributed by atoms with Gasteiger partial charge in [0.2, 0.25) is 5.91 Å². The van der Waals surface area contributed by atoms with Crippen LogP contribution in [0.2, 0.25) is 0 Å². The van der Waals surface area contributed by atoms with Crippen LogP contribution in [0.3, 0.4) is 0 Å². The minimum atomic E-state index is -3.76. The van der Waals surface area contributed by atoms with Crippen LogP contribution in [0.4, 0.5) is 5.69 Å². The second-order valence-corrected chi connectivity index (χ2v) is 10.2. The highest BCUT2D eigenvalue weighted by Crippen LogP contribution is 2.22. The second kappa shape index (κ2) is 10.8. The molecule has 178 valence electrons. The van der Waals surface area contributed by atoms with E-state index >= 15 is 0 Å². The number of amides is 2. The Balaban J connectivity index is 1.50. The molecule has 8 nitrogen and oxygen atoms in total. The molecule has 0 bridgehead atoms. The van der Waals surface area contributed by atoms with Gasteiger partial charge in [0.15, 0.2) is 0 Å². The molecule has 1 heterocycles. The number of hydrogen-bond donors (Lipinski definition) is 3. The molecule has 1 aliphatic heterocycles. The summed E-state index contributed by atoms with van der Waals surface area (Å²) in [5.41, 5.74) is 8.21. The lowest BCUT2D eigenvalue weighted by atomic mass is 9.97. The first-order valence-corrected chi connectivity index (χ1v) is 12.6. The van der Waals surface area contributed by atoms with Gasteiger partial charge in [-0.15, -0.1) is 0 Å². The predicted octanol–water partition coefficient (Wildman–Crippen LogP) is 2.42. The van der Waals surface area contributed by atoms with E-state index in [2.05, 4.69) is 14.9 Å². The minimum absolute atomic E-state index is 0.0903. The summed E-state index contributed by atoms with van der Waals surface area (Å²) < 4.78 is 28.1. The molecule has 3 rings (SSSR count). The number of carbonyl (C=O) groups is 2. The molecule has 1 aliphatic rings. The molecule has 4 N–H and O–H groups in total. The Bertz CT molecular complexity index is 1100. The zero-order valence-electron chi connectivity index (χ0n) is 19.1. The van der Waals surface area contributed by atoms with Crippen molar-refractivity contribution in [1.29, 1.82) is 0 Å². The maximum Gasteiger partial charge on any atom is 0.261 e. The summed E-state index contributed by atoms with van der Waals surface area (Å²) >= 11 is 0. The van der Waals surface area contributed by atoms with Gasteiger partial charge in [-0.1, -0.05) is 12.1 Å². The molecule has 9 heteroatoms. The first kappa shape index (κ1) is 24.7. The van der Waals surface area contributed by atoms with Gasteiger partial charge < -0.3 is 16.0 Å². The summed E-state index contributed by atoms with van der Waals surface area (Å²) in [6, 6.07) is 11.3. The van der Waals surface area contributed by atoms with Crippen molar-refractivity contribution in [3.63, 3.8) is 0 Å². The van der Waals surface area contributed by atoms with Gasteiger partial charge in [-0.05, 0) is 87.7 Å². The van der Waals surface area contributed by atoms with Crippen molar-refractivity contribution in [2.24, 2.45) is 11.7 Å². The van der Waals surface area contributed by atoms with Crippen molar-refractivity contribution in [3.05, 3.63) is 59.2 Å². The van der Waals surface area contributed by atoms with E-state index in [4.69, 9.17) is 5.73 Å². The number of anilines is 1. The Labute approximate surface area is 195 Å². The van der Waals surface area contributed by atoms with Crippen LogP contribution in [0, 0.1) is 19.8 Å². The lowest BCUT2D eigenvalue weighted by Crippen LogP contribution is -2.42. The maximum absolute atomic E-state index is 12.7. The monoisotopic (exact) mass is 472 g/mol. The third kappa shape index (κ3) is 6.55. The quantitative estimate of drug-likeness (QED) is 0.484. The number of carbonyl (C=O) groups excluding carboxylic acids is 2. The lowest BCUT2D eigenvalue weighted by molar-refractivity contribution is -0.123. The number of benzene rings is 2. The SMILES string of the molecule is Cc1cccc(NS(=O)(=O)c2ccc(C(=O)NCCCN3CCCC(C(N)=O)C3)cc2)c1C. The van der Waals surface area contributed by atoms with E-state index < -0.39 is 10.0 Å². The Morgan fingerprint density at radius 2 is 1.85 bits per heavy atom. The molecule has 0 spiro atoms. The summed E-state index contributed by atoms with van der Waals surface area (Å²) in [7, 11) is -3.76. The molecule has 1 unspecified atom stereocenters. The van der Waals surface area contributed by atoms with Crippen LogP contribution >= 0.6 is 0 Å². The Kier molecular flexibility index (Phi) is 8.10. The van der Waals surface area contributed by atoms with E-state index in [-0.39, 0.29) is 22.6 Å². The standard InChI is InChI=1S/C24H32N4O4S/c1-17-6-3-8-22(18(17)2)27-33(31,32)21-11-9-19(10-12-21)24(30)26-13-5-15-28-14-4-7-20(16-28)23(25)29/h3,6,8-12,20,27H,4-5,7,13-16H2,1-2H3,(H2,25,29)(H,26,30). The molecule has 0 aliphatic carbocycles. The second-order valence-electron chi connectivity index (χ2n) is 8.53. The number of nitrogens with two attached hydrogens (primary N) is 1. The first-order valence-electron chi connectivity index (χ1n) is 11.2. The molecular formula is C24H32N4O4S. The van der Waals surface area contributed by atoms with Gasteiger partial charge in [-0.3, -0.25) is 14.3 Å². The van der Waals surface area contributed by atoms with Crippen molar-refractivity contribution >= 4 is 27.5 Å². The largest absolute Gasteiger partial charge is 0.369 e. The third-order valence-corrected chi connectivity index (χ3v) is 7.50. The average Bonchev–Trinajstić information content (AvgIpc) is 2.80. The number of likely N-dealkylation sites (tertiary alicyclic amines) is 1. The Morgan fingerprint density at radius 1 is 1.12 bits per heavy atom. The number of piperidine rings is 1. The van der Waals surface area contributed by atoms with Crippen LogP contribution in [-0.4, -0.2) is 51.3 Å². The number of rotatable bonds is 9. The highest BCUT2D eigenvalue weighted by molar-refractivity contribution is 7.92. The molecule has 33 heavy (non-hydrogen) atoms. The minimum Gasteiger partial charge on any atom is -0.369 e. The lowest BCUT2D eigenvalue weighted by Gasteiger charge is -2.31. The number of nitrogens with one attached hydrogen (secondary N) is 2. The fourth-order valence-corrected chi connectivity index (χ4v) is 5.07. The van der Waals surface area contributed by atoms with Gasteiger partial charge >= 0.3 is 0 Å². The average molecular weight is 473 g/mol. The van der Waals surface area contributed by atoms with Crippen LogP contribution in [0.15, 0.2) is 47.4 Å². The fourth-order valence-electron chi connectivity index (χ4n) is 3.95. The molecule has 1 fully saturated rings. The fraction of sp³-hybridized carbons (Fsp3) is 0.417. The highest BCUT2D eigenvalue weighted by atomic mass is 32.2. The molecule has 2 aromatic rings. The van der Waals surface area contributed by atoms with Gasteiger partial charge in [-0.2, -0.15) is 0 Å². The predicted molar refractivity (Wildman–Crippen MR) is 128 cm³/mol. The molecular weight excluding hydrogens is 440 g/mol. The van der Waals surface area contributed by atoms with Crippen molar-refractivity contribution in [1.82, 2.24) is 10.2 Å². The van der Waals surface area contributed by atoms with Gasteiger partial charge in [0.1, 0.15) is 0 Å². The van der Waals surface area contributed by atoms with Crippen LogP contribution in [-0.2, 0) is 14.8 Å². The normalized spacial score (nSPS) is 16.8. The van der Waals surface area contributed by atoms with Crippen LogP contribution in [0.1, 0.15) is 40.7 Å². The molecule has 1 atom stereocenters. The first-order chi connectivity index (χ1) is 15.7. The van der Waals surface area contributed by atoms with E-state index in [0.717, 1.165) is 43.5 Å². The zero-order chi connectivity index (χ0) is 24.0. The molecule has 2 amide bonds. The van der Waals surface area contributed by atoms with Crippen LogP contribution < -0.4 is 15.8 Å². The van der Waals surface area contributed by atoms with Gasteiger partial charge in [0.25, 0.3) is 15.9 Å². The van der Waals surface area contributed by atoms with Crippen LogP contribution in [0.25, 0.3) is 0 Å². The number of nitrogens with zero attached hydrogens (tertiary/aromatic N) is 1. The van der Waals surface area contributed by atoms with Gasteiger partial charge in [-0.25, -0.2) is 8.42 Å². The molecule has 1 saturated heterocycles. The summed E-state index contributed by atoms with van der Waals surface area (Å²) in [6.07, 6.45) is 2.55. The smallest absolute Gasteiger partial charge is 0.261 e. The van der Waals surface area contributed by atoms with Crippen molar-refractivity contribution in [2.45, 2.75) is 38.0 Å². The number of aryl methyl sites for hydroxylation is 1. The zero-order valence-corrected chi connectivity index (χ0v) is 20.0. The van der Waals surface area contributed by atoms with Crippen molar-refractivity contribution in [3.8, 4) is 0 Å². The van der Waals surface area contributed by atoms with E-state index in [9.17, 15) is 18.0 Å². The summed E-state index contributed by atoms with van der Waals surface area (Å²) in [5.74, 6) is -0.592. The molecule has 2 aromatic carbocycles. The number of hydrogen-bond acceptors (Lipinski definition) is 5. The third-order valence-electron chi connectivity index (χ3n) is 6.12. The number of primary amides is 1. The van der Waals surface area contributed by atoms with Gasteiger partial charge in [0.05, 0.1) is 16.5 Å². The van der Waals surface area contributed by atoms with Crippen LogP contribution in [0.5, 0.6) is 0 Å². The van der Waals surface area contributed by atoms with Gasteiger partial charge in [0, 0.05) is 18.7 Å². The van der Waals surface area contributed by atoms with E-state index in [1.807, 2.05) is 19.9 Å². The summed E-state index contributed by atoms with van der Waals surface area (Å²) in [4.78, 5) is 26.1. The molecule has 0 aromatic heterocycles. The highest BCUT2D eigenvalue weighted by Gasteiger charge is 2.23. The molecule has 0 saturated carbocycles.